The van der Waals surface area contributed by atoms with Crippen LogP contribution in [0.5, 0.6) is 5.88 Å². The molecule has 3 aromatic rings. The smallest absolute Gasteiger partial charge is 0.264 e. The first-order valence-electron chi connectivity index (χ1n) is 12.6. The number of benzene rings is 2. The van der Waals surface area contributed by atoms with Crippen molar-refractivity contribution in [2.24, 2.45) is 11.3 Å². The van der Waals surface area contributed by atoms with Gasteiger partial charge in [0.25, 0.3) is 10.0 Å². The van der Waals surface area contributed by atoms with E-state index in [1.165, 1.54) is 0 Å². The predicted octanol–water partition coefficient (Wildman–Crippen LogP) is 5.95. The minimum Gasteiger partial charge on any atom is -0.472 e. The van der Waals surface area contributed by atoms with E-state index in [1.807, 2.05) is 44.2 Å². The minimum absolute atomic E-state index is 0.00705. The second kappa shape index (κ2) is 9.39. The molecule has 0 spiro atoms. The van der Waals surface area contributed by atoms with E-state index in [0.29, 0.717) is 29.5 Å². The Balaban J connectivity index is 1.60. The molecule has 1 aliphatic heterocycles. The summed E-state index contributed by atoms with van der Waals surface area (Å²) in [4.78, 5) is 9.29. The molecule has 1 saturated carbocycles. The summed E-state index contributed by atoms with van der Waals surface area (Å²) in [5, 5.41) is 3.42. The topological polar surface area (TPSA) is 93.2 Å². The van der Waals surface area contributed by atoms with Gasteiger partial charge in [-0.3, -0.25) is 0 Å². The Morgan fingerprint density at radius 2 is 1.67 bits per heavy atom. The fraction of sp³-hybridized carbons (Fsp3) is 0.429. The zero-order chi connectivity index (χ0) is 25.5. The molecule has 2 N–H and O–H groups in total. The molecular formula is C28H34N4O3S. The van der Waals surface area contributed by atoms with Crippen molar-refractivity contribution in [2.75, 3.05) is 16.6 Å². The molecule has 36 heavy (non-hydrogen) atoms. The van der Waals surface area contributed by atoms with Gasteiger partial charge in [0, 0.05) is 17.3 Å². The van der Waals surface area contributed by atoms with Crippen molar-refractivity contribution < 1.29 is 13.2 Å². The Bertz CT molecular complexity index is 1360. The molecule has 1 fully saturated rings. The summed E-state index contributed by atoms with van der Waals surface area (Å²) in [6.07, 6.45) is 4.33. The summed E-state index contributed by atoms with van der Waals surface area (Å²) in [6.45, 7) is 9.26. The molecule has 1 unspecified atom stereocenters. The van der Waals surface area contributed by atoms with Crippen molar-refractivity contribution >= 4 is 21.7 Å². The average molecular weight is 507 g/mol. The maximum atomic E-state index is 13.2. The van der Waals surface area contributed by atoms with Crippen LogP contribution in [0, 0.1) is 25.2 Å². The molecule has 2 aromatic carbocycles. The second-order valence-corrected chi connectivity index (χ2v) is 12.5. The summed E-state index contributed by atoms with van der Waals surface area (Å²) in [5.41, 5.74) is 4.78. The molecular weight excluding hydrogens is 472 g/mol. The summed E-state index contributed by atoms with van der Waals surface area (Å²) < 4.78 is 35.5. The van der Waals surface area contributed by atoms with Crippen molar-refractivity contribution in [1.82, 2.24) is 9.97 Å². The fourth-order valence-electron chi connectivity index (χ4n) is 5.30. The third-order valence-corrected chi connectivity index (χ3v) is 8.82. The molecule has 1 atom stereocenters. The van der Waals surface area contributed by atoms with E-state index < -0.39 is 10.0 Å². The highest BCUT2D eigenvalue weighted by Crippen LogP contribution is 2.40. The highest BCUT2D eigenvalue weighted by atomic mass is 32.2. The van der Waals surface area contributed by atoms with Crippen LogP contribution in [0.3, 0.4) is 0 Å². The van der Waals surface area contributed by atoms with Gasteiger partial charge in [0.15, 0.2) is 0 Å². The standard InChI is InChI=1S/C28H34N4O3S/c1-18-7-5-8-19(2)26(18)23-16-25-31-27(30-23)32-36(33,34)22-10-6-9-21(15-22)29-17-24(35-25)20-11-13-28(3,4)14-12-20/h5-10,15-16,20,24,29H,11-14,17H2,1-4H3,(H,30,31,32). The van der Waals surface area contributed by atoms with E-state index >= 15 is 0 Å². The molecule has 2 heterocycles. The van der Waals surface area contributed by atoms with Crippen molar-refractivity contribution in [3.63, 3.8) is 0 Å². The lowest BCUT2D eigenvalue weighted by molar-refractivity contribution is 0.0795. The lowest BCUT2D eigenvalue weighted by Crippen LogP contribution is -2.38. The van der Waals surface area contributed by atoms with E-state index in [9.17, 15) is 8.42 Å². The van der Waals surface area contributed by atoms with E-state index in [-0.39, 0.29) is 16.9 Å². The van der Waals surface area contributed by atoms with Crippen molar-refractivity contribution in [3.8, 4) is 17.1 Å². The quantitative estimate of drug-likeness (QED) is 0.446. The Morgan fingerprint density at radius 3 is 2.39 bits per heavy atom. The molecule has 0 amide bonds. The van der Waals surface area contributed by atoms with Gasteiger partial charge in [0.1, 0.15) is 6.10 Å². The highest BCUT2D eigenvalue weighted by molar-refractivity contribution is 7.92. The number of hydrogen-bond acceptors (Lipinski definition) is 6. The van der Waals surface area contributed by atoms with Crippen LogP contribution < -0.4 is 14.8 Å². The summed E-state index contributed by atoms with van der Waals surface area (Å²) >= 11 is 0. The van der Waals surface area contributed by atoms with Gasteiger partial charge < -0.3 is 10.1 Å². The van der Waals surface area contributed by atoms with Crippen molar-refractivity contribution in [2.45, 2.75) is 64.4 Å². The predicted molar refractivity (Wildman–Crippen MR) is 143 cm³/mol. The summed E-state index contributed by atoms with van der Waals surface area (Å²) in [5.74, 6) is 0.754. The van der Waals surface area contributed by atoms with Crippen LogP contribution >= 0.6 is 0 Å². The number of aryl methyl sites for hydroxylation is 2. The summed E-state index contributed by atoms with van der Waals surface area (Å²) in [6, 6.07) is 14.7. The molecule has 1 aromatic heterocycles. The van der Waals surface area contributed by atoms with E-state index in [1.54, 1.807) is 18.2 Å². The van der Waals surface area contributed by atoms with Gasteiger partial charge in [-0.15, -0.1) is 0 Å². The van der Waals surface area contributed by atoms with E-state index in [2.05, 4.69) is 33.9 Å². The molecule has 5 rings (SSSR count). The van der Waals surface area contributed by atoms with Gasteiger partial charge >= 0.3 is 0 Å². The van der Waals surface area contributed by atoms with Gasteiger partial charge in [0.05, 0.1) is 17.1 Å². The Labute approximate surface area is 213 Å². The number of rotatable bonds is 2. The van der Waals surface area contributed by atoms with Crippen LogP contribution in [-0.2, 0) is 10.0 Å². The lowest BCUT2D eigenvalue weighted by Gasteiger charge is -2.38. The van der Waals surface area contributed by atoms with Crippen LogP contribution in [0.15, 0.2) is 53.4 Å². The first-order valence-corrected chi connectivity index (χ1v) is 14.1. The number of aromatic nitrogens is 2. The molecule has 0 radical (unpaired) electrons. The second-order valence-electron chi connectivity index (χ2n) is 10.9. The number of fused-ring (bicyclic) bond motifs is 4. The average Bonchev–Trinajstić information content (AvgIpc) is 2.81. The van der Waals surface area contributed by atoms with E-state index in [4.69, 9.17) is 4.74 Å². The first-order chi connectivity index (χ1) is 17.1. The maximum Gasteiger partial charge on any atom is 0.264 e. The molecule has 4 bridgehead atoms. The molecule has 8 heteroatoms. The largest absolute Gasteiger partial charge is 0.472 e. The van der Waals surface area contributed by atoms with Crippen LogP contribution in [0.1, 0.15) is 50.7 Å². The van der Waals surface area contributed by atoms with Crippen LogP contribution in [-0.4, -0.2) is 31.0 Å². The SMILES string of the molecule is Cc1cccc(C)c1-c1cc2nc(n1)NS(=O)(=O)c1cccc(c1)NCC(C1CCC(C)(C)CC1)O2. The van der Waals surface area contributed by atoms with E-state index in [0.717, 1.165) is 48.1 Å². The molecule has 2 aliphatic rings. The number of anilines is 2. The van der Waals surface area contributed by atoms with Gasteiger partial charge in [-0.05, 0) is 80.2 Å². The maximum absolute atomic E-state index is 13.2. The van der Waals surface area contributed by atoms with Crippen LogP contribution in [0.25, 0.3) is 11.3 Å². The normalized spacial score (nSPS) is 21.2. The van der Waals surface area contributed by atoms with Gasteiger partial charge in [-0.1, -0.05) is 38.1 Å². The minimum atomic E-state index is -3.88. The number of sulfonamides is 1. The van der Waals surface area contributed by atoms with Crippen LogP contribution in [0.2, 0.25) is 0 Å². The fourth-order valence-corrected chi connectivity index (χ4v) is 6.29. The molecule has 0 saturated heterocycles. The number of nitrogens with one attached hydrogen (secondary N) is 2. The zero-order valence-corrected chi connectivity index (χ0v) is 22.2. The van der Waals surface area contributed by atoms with Crippen LogP contribution in [0.4, 0.5) is 11.6 Å². The van der Waals surface area contributed by atoms with Gasteiger partial charge in [-0.2, -0.15) is 4.98 Å². The number of ether oxygens (including phenoxy) is 1. The van der Waals surface area contributed by atoms with Gasteiger partial charge in [-0.25, -0.2) is 18.1 Å². The Hall–Kier alpha value is -3.13. The third-order valence-electron chi connectivity index (χ3n) is 7.50. The third kappa shape index (κ3) is 5.19. The number of hydrogen-bond donors (Lipinski definition) is 2. The summed E-state index contributed by atoms with van der Waals surface area (Å²) in [7, 11) is -3.88. The zero-order valence-electron chi connectivity index (χ0n) is 21.3. The Kier molecular flexibility index (Phi) is 6.41. The number of nitrogens with zero attached hydrogens (tertiary/aromatic N) is 2. The Morgan fingerprint density at radius 1 is 0.972 bits per heavy atom. The lowest BCUT2D eigenvalue weighted by atomic mass is 9.71. The molecule has 190 valence electrons. The first kappa shape index (κ1) is 24.6. The molecule has 1 aliphatic carbocycles. The van der Waals surface area contributed by atoms with Crippen molar-refractivity contribution in [1.29, 1.82) is 0 Å². The van der Waals surface area contributed by atoms with Gasteiger partial charge in [0.2, 0.25) is 11.8 Å². The highest BCUT2D eigenvalue weighted by Gasteiger charge is 2.33. The molecule has 7 nitrogen and oxygen atoms in total. The monoisotopic (exact) mass is 506 g/mol. The van der Waals surface area contributed by atoms with Crippen molar-refractivity contribution in [3.05, 3.63) is 59.7 Å².